The molecule has 1 heterocycles. The van der Waals surface area contributed by atoms with Crippen LogP contribution >= 0.6 is 24.0 Å². The molecule has 0 aliphatic heterocycles. The van der Waals surface area contributed by atoms with Crippen molar-refractivity contribution in [3.63, 3.8) is 0 Å². The van der Waals surface area contributed by atoms with Gasteiger partial charge in [0.25, 0.3) is 0 Å². The number of benzene rings is 2. The van der Waals surface area contributed by atoms with Gasteiger partial charge in [-0.25, -0.2) is 9.98 Å². The minimum absolute atomic E-state index is 0. The third kappa shape index (κ3) is 7.39. The number of nitrogens with zero attached hydrogens (tertiary/aromatic N) is 3. The number of aromatic amines is 1. The van der Waals surface area contributed by atoms with Gasteiger partial charge in [-0.3, -0.25) is 4.79 Å². The van der Waals surface area contributed by atoms with E-state index in [9.17, 15) is 4.79 Å². The number of amides is 1. The van der Waals surface area contributed by atoms with E-state index >= 15 is 0 Å². The predicted octanol–water partition coefficient (Wildman–Crippen LogP) is 4.25. The Morgan fingerprint density at radius 1 is 1.16 bits per heavy atom. The van der Waals surface area contributed by atoms with Crippen LogP contribution in [0.15, 0.2) is 65.8 Å². The SMILES string of the molecule is CCNC(=NCc1cccc(NC(C)=O)c1)N(C)Cc1ncc(-c2ccccc2)[nH]1.I. The fraction of sp³-hybridized carbons (Fsp3) is 0.261. The molecule has 3 rings (SSSR count). The third-order valence-electron chi connectivity index (χ3n) is 4.46. The number of carbonyl (C=O) groups is 1. The number of aliphatic imine (C=N–C) groups is 1. The lowest BCUT2D eigenvalue weighted by atomic mass is 10.2. The van der Waals surface area contributed by atoms with Gasteiger partial charge in [-0.2, -0.15) is 0 Å². The zero-order chi connectivity index (χ0) is 21.3. The van der Waals surface area contributed by atoms with Crippen LogP contribution in [0.3, 0.4) is 0 Å². The van der Waals surface area contributed by atoms with E-state index in [0.717, 1.165) is 40.8 Å². The third-order valence-corrected chi connectivity index (χ3v) is 4.46. The average Bonchev–Trinajstić information content (AvgIpc) is 3.20. The largest absolute Gasteiger partial charge is 0.357 e. The molecule has 0 saturated carbocycles. The lowest BCUT2D eigenvalue weighted by Gasteiger charge is -2.21. The second kappa shape index (κ2) is 12.1. The van der Waals surface area contributed by atoms with Gasteiger partial charge in [-0.15, -0.1) is 24.0 Å². The number of rotatable bonds is 7. The van der Waals surface area contributed by atoms with Gasteiger partial charge in [0, 0.05) is 26.2 Å². The van der Waals surface area contributed by atoms with Crippen LogP contribution in [-0.2, 0) is 17.9 Å². The summed E-state index contributed by atoms with van der Waals surface area (Å²) in [6.07, 6.45) is 1.86. The Bertz CT molecular complexity index is 1000. The van der Waals surface area contributed by atoms with Crippen molar-refractivity contribution in [3.8, 4) is 11.3 Å². The van der Waals surface area contributed by atoms with E-state index in [4.69, 9.17) is 4.99 Å². The molecule has 0 unspecified atom stereocenters. The van der Waals surface area contributed by atoms with E-state index in [1.54, 1.807) is 0 Å². The minimum atomic E-state index is -0.0861. The van der Waals surface area contributed by atoms with Gasteiger partial charge in [0.1, 0.15) is 5.82 Å². The monoisotopic (exact) mass is 532 g/mol. The Morgan fingerprint density at radius 2 is 1.94 bits per heavy atom. The topological polar surface area (TPSA) is 85.4 Å². The maximum atomic E-state index is 11.3. The Labute approximate surface area is 200 Å². The Balaban J connectivity index is 0.00000341. The number of nitrogens with one attached hydrogen (secondary N) is 3. The standard InChI is InChI=1S/C23H28N6O.HI/c1-4-24-23(26-14-18-9-8-12-20(13-18)27-17(2)30)29(3)16-22-25-15-21(28-22)19-10-6-5-7-11-19;/h5-13,15H,4,14,16H2,1-3H3,(H,24,26)(H,25,28)(H,27,30);1H. The molecule has 0 bridgehead atoms. The molecule has 31 heavy (non-hydrogen) atoms. The summed E-state index contributed by atoms with van der Waals surface area (Å²) in [6, 6.07) is 17.9. The van der Waals surface area contributed by atoms with Gasteiger partial charge in [0.2, 0.25) is 5.91 Å². The number of carbonyl (C=O) groups excluding carboxylic acids is 1. The molecule has 164 valence electrons. The predicted molar refractivity (Wildman–Crippen MR) is 136 cm³/mol. The lowest BCUT2D eigenvalue weighted by Crippen LogP contribution is -2.38. The number of anilines is 1. The van der Waals surface area contributed by atoms with Crippen molar-refractivity contribution in [2.75, 3.05) is 18.9 Å². The highest BCUT2D eigenvalue weighted by atomic mass is 127. The summed E-state index contributed by atoms with van der Waals surface area (Å²) in [5.41, 5.74) is 3.90. The molecule has 8 heteroatoms. The van der Waals surface area contributed by atoms with Crippen LogP contribution in [0.2, 0.25) is 0 Å². The molecule has 0 radical (unpaired) electrons. The minimum Gasteiger partial charge on any atom is -0.357 e. The fourth-order valence-electron chi connectivity index (χ4n) is 3.09. The first-order valence-electron chi connectivity index (χ1n) is 10.0. The molecule has 0 spiro atoms. The summed E-state index contributed by atoms with van der Waals surface area (Å²) in [7, 11) is 1.99. The molecular formula is C23H29IN6O. The first-order valence-corrected chi connectivity index (χ1v) is 10.0. The highest BCUT2D eigenvalue weighted by Crippen LogP contribution is 2.16. The molecule has 0 atom stereocenters. The van der Waals surface area contributed by atoms with E-state index in [2.05, 4.69) is 32.7 Å². The van der Waals surface area contributed by atoms with Crippen molar-refractivity contribution < 1.29 is 4.79 Å². The summed E-state index contributed by atoms with van der Waals surface area (Å²) >= 11 is 0. The van der Waals surface area contributed by atoms with Crippen LogP contribution in [0.5, 0.6) is 0 Å². The van der Waals surface area contributed by atoms with Crippen LogP contribution < -0.4 is 10.6 Å². The number of guanidine groups is 1. The molecule has 7 nitrogen and oxygen atoms in total. The number of H-pyrrole nitrogens is 1. The second-order valence-corrected chi connectivity index (χ2v) is 7.02. The van der Waals surface area contributed by atoms with Crippen molar-refractivity contribution in [1.82, 2.24) is 20.2 Å². The van der Waals surface area contributed by atoms with Crippen molar-refractivity contribution >= 4 is 41.5 Å². The number of hydrogen-bond donors (Lipinski definition) is 3. The van der Waals surface area contributed by atoms with Gasteiger partial charge < -0.3 is 20.5 Å². The Hall–Kier alpha value is -2.88. The molecule has 1 aromatic heterocycles. The molecule has 0 saturated heterocycles. The quantitative estimate of drug-likeness (QED) is 0.241. The van der Waals surface area contributed by atoms with Crippen molar-refractivity contribution in [3.05, 3.63) is 72.2 Å². The molecule has 2 aromatic carbocycles. The number of halogens is 1. The maximum absolute atomic E-state index is 11.3. The molecule has 0 aliphatic carbocycles. The van der Waals surface area contributed by atoms with Crippen LogP contribution in [0, 0.1) is 0 Å². The number of hydrogen-bond acceptors (Lipinski definition) is 3. The molecule has 1 amide bonds. The smallest absolute Gasteiger partial charge is 0.221 e. The van der Waals surface area contributed by atoms with Crippen LogP contribution in [0.25, 0.3) is 11.3 Å². The fourth-order valence-corrected chi connectivity index (χ4v) is 3.09. The second-order valence-electron chi connectivity index (χ2n) is 7.02. The van der Waals surface area contributed by atoms with Crippen molar-refractivity contribution in [1.29, 1.82) is 0 Å². The average molecular weight is 532 g/mol. The molecule has 3 N–H and O–H groups in total. The molecular weight excluding hydrogens is 503 g/mol. The molecule has 3 aromatic rings. The number of aromatic nitrogens is 2. The van der Waals surface area contributed by atoms with E-state index in [1.807, 2.05) is 67.5 Å². The maximum Gasteiger partial charge on any atom is 0.221 e. The zero-order valence-electron chi connectivity index (χ0n) is 18.1. The summed E-state index contributed by atoms with van der Waals surface area (Å²) < 4.78 is 0. The van der Waals surface area contributed by atoms with Crippen LogP contribution in [0.1, 0.15) is 25.2 Å². The zero-order valence-corrected chi connectivity index (χ0v) is 20.4. The summed E-state index contributed by atoms with van der Waals surface area (Å²) in [5.74, 6) is 1.58. The summed E-state index contributed by atoms with van der Waals surface area (Å²) in [4.78, 5) is 25.9. The highest BCUT2D eigenvalue weighted by Gasteiger charge is 2.10. The molecule has 0 fully saturated rings. The van der Waals surface area contributed by atoms with Gasteiger partial charge in [-0.1, -0.05) is 42.5 Å². The van der Waals surface area contributed by atoms with Crippen molar-refractivity contribution in [2.45, 2.75) is 26.9 Å². The first kappa shape index (κ1) is 24.4. The van der Waals surface area contributed by atoms with Crippen LogP contribution in [-0.4, -0.2) is 40.3 Å². The Kier molecular flexibility index (Phi) is 9.51. The van der Waals surface area contributed by atoms with E-state index in [0.29, 0.717) is 13.1 Å². The molecule has 0 aliphatic rings. The van der Waals surface area contributed by atoms with E-state index in [1.165, 1.54) is 6.92 Å². The van der Waals surface area contributed by atoms with Crippen molar-refractivity contribution in [2.24, 2.45) is 4.99 Å². The summed E-state index contributed by atoms with van der Waals surface area (Å²) in [5, 5.41) is 6.13. The van der Waals surface area contributed by atoms with Gasteiger partial charge >= 0.3 is 0 Å². The van der Waals surface area contributed by atoms with E-state index in [-0.39, 0.29) is 29.9 Å². The summed E-state index contributed by atoms with van der Waals surface area (Å²) in [6.45, 7) is 5.42. The first-order chi connectivity index (χ1) is 14.5. The Morgan fingerprint density at radius 3 is 2.65 bits per heavy atom. The van der Waals surface area contributed by atoms with Gasteiger partial charge in [-0.05, 0) is 30.2 Å². The van der Waals surface area contributed by atoms with Gasteiger partial charge in [0.15, 0.2) is 5.96 Å². The number of imidazole rings is 1. The highest BCUT2D eigenvalue weighted by molar-refractivity contribution is 14.0. The van der Waals surface area contributed by atoms with Gasteiger partial charge in [0.05, 0.1) is 25.0 Å². The van der Waals surface area contributed by atoms with Crippen LogP contribution in [0.4, 0.5) is 5.69 Å². The van der Waals surface area contributed by atoms with E-state index < -0.39 is 0 Å². The lowest BCUT2D eigenvalue weighted by molar-refractivity contribution is -0.114. The normalized spacial score (nSPS) is 10.9.